The van der Waals surface area contributed by atoms with Crippen LogP contribution in [0.4, 0.5) is 14.3 Å². The number of piperidine rings is 2. The van der Waals surface area contributed by atoms with Gasteiger partial charge in [0.2, 0.25) is 0 Å². The molecular formula is C27H37FN6O2S. The highest BCUT2D eigenvalue weighted by Gasteiger charge is 2.33. The number of Topliss-reactive ketones (excluding diaryl/α,β-unsaturated/α-hetero) is 1. The molecule has 0 saturated carbocycles. The summed E-state index contributed by atoms with van der Waals surface area (Å²) >= 11 is 1.20. The van der Waals surface area contributed by atoms with E-state index >= 15 is 0 Å². The van der Waals surface area contributed by atoms with Gasteiger partial charge in [-0.2, -0.15) is 0 Å². The van der Waals surface area contributed by atoms with Gasteiger partial charge in [-0.25, -0.2) is 14.2 Å². The van der Waals surface area contributed by atoms with E-state index in [-0.39, 0.29) is 29.6 Å². The molecule has 37 heavy (non-hydrogen) atoms. The molecular weight excluding hydrogens is 491 g/mol. The van der Waals surface area contributed by atoms with Crippen molar-refractivity contribution in [3.8, 4) is 0 Å². The number of rotatable bonds is 9. The molecule has 2 saturated heterocycles. The highest BCUT2D eigenvalue weighted by atomic mass is 32.1. The van der Waals surface area contributed by atoms with Crippen LogP contribution in [0.3, 0.4) is 0 Å². The number of urea groups is 1. The number of halogens is 1. The van der Waals surface area contributed by atoms with E-state index in [9.17, 15) is 14.0 Å². The van der Waals surface area contributed by atoms with E-state index < -0.39 is 0 Å². The van der Waals surface area contributed by atoms with Crippen LogP contribution in [0.25, 0.3) is 0 Å². The zero-order valence-electron chi connectivity index (χ0n) is 21.6. The van der Waals surface area contributed by atoms with Crippen molar-refractivity contribution in [2.45, 2.75) is 45.6 Å². The van der Waals surface area contributed by atoms with Gasteiger partial charge >= 0.3 is 6.03 Å². The van der Waals surface area contributed by atoms with Crippen molar-refractivity contribution in [2.24, 2.45) is 11.8 Å². The Balaban J connectivity index is 1.37. The Morgan fingerprint density at radius 1 is 1.19 bits per heavy atom. The molecule has 3 N–H and O–H groups in total. The molecule has 0 radical (unpaired) electrons. The second-order valence-corrected chi connectivity index (χ2v) is 11.3. The van der Waals surface area contributed by atoms with Gasteiger partial charge in [-0.3, -0.25) is 15.0 Å². The van der Waals surface area contributed by atoms with Crippen LogP contribution < -0.4 is 10.6 Å². The Labute approximate surface area is 222 Å². The van der Waals surface area contributed by atoms with Crippen LogP contribution in [-0.4, -0.2) is 78.1 Å². The van der Waals surface area contributed by atoms with Crippen molar-refractivity contribution in [3.63, 3.8) is 0 Å². The number of hydrogen-bond acceptors (Lipinski definition) is 7. The number of nitrogens with zero attached hydrogens (tertiary/aromatic N) is 3. The topological polar surface area (TPSA) is 101 Å². The normalized spacial score (nSPS) is 22.9. The first-order valence-electron chi connectivity index (χ1n) is 13.0. The Hall–Kier alpha value is -2.69. The number of hydrogen-bond donors (Lipinski definition) is 3. The summed E-state index contributed by atoms with van der Waals surface area (Å²) in [5.41, 5.74) is 1.80. The number of anilines is 1. The lowest BCUT2D eigenvalue weighted by Gasteiger charge is -2.42. The summed E-state index contributed by atoms with van der Waals surface area (Å²) in [4.78, 5) is 34.3. The standard InChI is InChI=1S/C27H37FN6O2S/c1-18-25(19(2)35)37-27(30-18)32-26(36)31-24-9-12-33(13-10-29)16-22(24)17-34-11-3-4-21(15-34)14-20-5-7-23(28)8-6-20/h5-8,10,21-22,24,29H,3-4,9,11-17H2,1-2H3,(H2,30,31,32,36)/t21-,22-,24+/m0/s1. The Bertz CT molecular complexity index is 1090. The minimum Gasteiger partial charge on any atom is -0.335 e. The minimum atomic E-state index is -0.299. The molecule has 8 nitrogen and oxygen atoms in total. The van der Waals surface area contributed by atoms with Gasteiger partial charge in [0.15, 0.2) is 10.9 Å². The van der Waals surface area contributed by atoms with Gasteiger partial charge in [0.25, 0.3) is 0 Å². The SMILES string of the molecule is CC(=O)c1sc(NC(=O)N[C@@H]2CCN(CC=N)C[C@H]2CN2CCC[C@@H](Cc3ccc(F)cc3)C2)nc1C. The zero-order valence-corrected chi connectivity index (χ0v) is 22.5. The molecule has 10 heteroatoms. The van der Waals surface area contributed by atoms with E-state index in [1.807, 2.05) is 12.1 Å². The summed E-state index contributed by atoms with van der Waals surface area (Å²) in [5.74, 6) is 0.502. The van der Waals surface area contributed by atoms with Gasteiger partial charge in [0.05, 0.1) is 10.6 Å². The third kappa shape index (κ3) is 7.66. The largest absolute Gasteiger partial charge is 0.335 e. The fourth-order valence-corrected chi connectivity index (χ4v) is 6.48. The lowest BCUT2D eigenvalue weighted by atomic mass is 9.88. The molecule has 2 fully saturated rings. The minimum absolute atomic E-state index is 0.00722. The second kappa shape index (κ2) is 12.7. The lowest BCUT2D eigenvalue weighted by molar-refractivity contribution is 0.0921. The van der Waals surface area contributed by atoms with Gasteiger partial charge < -0.3 is 15.6 Å². The third-order valence-electron chi connectivity index (χ3n) is 7.35. The highest BCUT2D eigenvalue weighted by molar-refractivity contribution is 7.17. The van der Waals surface area contributed by atoms with Crippen LogP contribution in [0.2, 0.25) is 0 Å². The summed E-state index contributed by atoms with van der Waals surface area (Å²) in [6, 6.07) is 6.54. The van der Waals surface area contributed by atoms with E-state index in [0.29, 0.717) is 28.2 Å². The van der Waals surface area contributed by atoms with Crippen molar-refractivity contribution < 1.29 is 14.0 Å². The van der Waals surface area contributed by atoms with Crippen molar-refractivity contribution in [3.05, 3.63) is 46.2 Å². The number of carbonyl (C=O) groups excluding carboxylic acids is 2. The van der Waals surface area contributed by atoms with E-state index in [1.54, 1.807) is 6.92 Å². The molecule has 0 aliphatic carbocycles. The first-order chi connectivity index (χ1) is 17.8. The average molecular weight is 529 g/mol. The molecule has 2 aliphatic heterocycles. The fraction of sp³-hybridized carbons (Fsp3) is 0.556. The zero-order chi connectivity index (χ0) is 26.4. The summed E-state index contributed by atoms with van der Waals surface area (Å²) < 4.78 is 13.3. The van der Waals surface area contributed by atoms with Crippen molar-refractivity contribution in [1.29, 1.82) is 5.41 Å². The van der Waals surface area contributed by atoms with Gasteiger partial charge in [0, 0.05) is 57.8 Å². The van der Waals surface area contributed by atoms with Gasteiger partial charge in [-0.1, -0.05) is 23.5 Å². The fourth-order valence-electron chi connectivity index (χ4n) is 5.62. The summed E-state index contributed by atoms with van der Waals surface area (Å²) in [6.07, 6.45) is 5.49. The predicted molar refractivity (Wildman–Crippen MR) is 145 cm³/mol. The maximum absolute atomic E-state index is 13.3. The lowest BCUT2D eigenvalue weighted by Crippen LogP contribution is -2.55. The van der Waals surface area contributed by atoms with Crippen LogP contribution in [-0.2, 0) is 6.42 Å². The third-order valence-corrected chi connectivity index (χ3v) is 8.53. The molecule has 0 bridgehead atoms. The maximum atomic E-state index is 13.3. The van der Waals surface area contributed by atoms with Crippen molar-refractivity contribution in [2.75, 3.05) is 44.6 Å². The molecule has 0 spiro atoms. The monoisotopic (exact) mass is 528 g/mol. The molecule has 1 aromatic carbocycles. The first-order valence-corrected chi connectivity index (χ1v) is 13.9. The number of ketones is 1. The van der Waals surface area contributed by atoms with E-state index in [1.165, 1.54) is 42.2 Å². The molecule has 200 valence electrons. The quantitative estimate of drug-likeness (QED) is 0.334. The number of benzene rings is 1. The smallest absolute Gasteiger partial charge is 0.321 e. The van der Waals surface area contributed by atoms with Gasteiger partial charge in [0.1, 0.15) is 5.82 Å². The first kappa shape index (κ1) is 27.3. The molecule has 2 aromatic rings. The molecule has 1 aromatic heterocycles. The number of aromatic nitrogens is 1. The Morgan fingerprint density at radius 2 is 1.97 bits per heavy atom. The Morgan fingerprint density at radius 3 is 2.68 bits per heavy atom. The number of amides is 2. The van der Waals surface area contributed by atoms with E-state index in [2.05, 4.69) is 25.4 Å². The summed E-state index contributed by atoms with van der Waals surface area (Å²) in [5, 5.41) is 13.9. The molecule has 4 rings (SSSR count). The molecule has 0 unspecified atom stereocenters. The second-order valence-electron chi connectivity index (χ2n) is 10.3. The van der Waals surface area contributed by atoms with Crippen LogP contribution in [0.5, 0.6) is 0 Å². The average Bonchev–Trinajstić information content (AvgIpc) is 3.22. The highest BCUT2D eigenvalue weighted by Crippen LogP contribution is 2.26. The van der Waals surface area contributed by atoms with E-state index in [0.717, 1.165) is 58.4 Å². The van der Waals surface area contributed by atoms with E-state index in [4.69, 9.17) is 5.41 Å². The van der Waals surface area contributed by atoms with Crippen LogP contribution in [0, 0.1) is 30.0 Å². The van der Waals surface area contributed by atoms with Crippen molar-refractivity contribution in [1.82, 2.24) is 20.1 Å². The summed E-state index contributed by atoms with van der Waals surface area (Å²) in [7, 11) is 0. The molecule has 2 aliphatic rings. The number of carbonyl (C=O) groups is 2. The Kier molecular flexibility index (Phi) is 9.39. The number of nitrogens with one attached hydrogen (secondary N) is 3. The van der Waals surface area contributed by atoms with Crippen LogP contribution >= 0.6 is 11.3 Å². The maximum Gasteiger partial charge on any atom is 0.321 e. The number of aryl methyl sites for hydroxylation is 1. The van der Waals surface area contributed by atoms with Crippen LogP contribution in [0.1, 0.15) is 47.1 Å². The molecule has 3 heterocycles. The van der Waals surface area contributed by atoms with Crippen LogP contribution in [0.15, 0.2) is 24.3 Å². The number of thiazole rings is 1. The molecule has 3 atom stereocenters. The van der Waals surface area contributed by atoms with Crippen molar-refractivity contribution >= 4 is 34.5 Å². The predicted octanol–water partition coefficient (Wildman–Crippen LogP) is 4.21. The van der Waals surface area contributed by atoms with Gasteiger partial charge in [-0.15, -0.1) is 0 Å². The van der Waals surface area contributed by atoms with Gasteiger partial charge in [-0.05, 0) is 62.8 Å². The molecule has 2 amide bonds. The summed E-state index contributed by atoms with van der Waals surface area (Å²) in [6.45, 7) is 8.45. The number of likely N-dealkylation sites (tertiary alicyclic amines) is 2.